The van der Waals surface area contributed by atoms with E-state index in [1.807, 2.05) is 30.3 Å². The number of hydrogen-bond acceptors (Lipinski definition) is 2. The van der Waals surface area contributed by atoms with Crippen LogP contribution in [-0.4, -0.2) is 16.3 Å². The first-order valence-corrected chi connectivity index (χ1v) is 7.00. The Bertz CT molecular complexity index is 363. The number of aliphatic hydroxyl groups is 2. The van der Waals surface area contributed by atoms with Gasteiger partial charge >= 0.3 is 0 Å². The van der Waals surface area contributed by atoms with Gasteiger partial charge in [0.05, 0.1) is 6.10 Å². The Hall–Kier alpha value is -0.860. The Kier molecular flexibility index (Phi) is 4.41. The molecule has 2 N–H and O–H groups in total. The van der Waals surface area contributed by atoms with Crippen molar-refractivity contribution < 1.29 is 10.2 Å². The van der Waals surface area contributed by atoms with Crippen LogP contribution in [0, 0.1) is 17.8 Å². The van der Waals surface area contributed by atoms with Crippen LogP contribution in [0.3, 0.4) is 0 Å². The molecule has 1 aliphatic carbocycles. The molecular formula is C16H24O2. The van der Waals surface area contributed by atoms with Crippen molar-refractivity contribution in [1.29, 1.82) is 0 Å². The predicted octanol–water partition coefficient (Wildman–Crippen LogP) is 3.15. The quantitative estimate of drug-likeness (QED) is 0.862. The van der Waals surface area contributed by atoms with Gasteiger partial charge in [0.15, 0.2) is 0 Å². The van der Waals surface area contributed by atoms with E-state index in [9.17, 15) is 10.2 Å². The maximum absolute atomic E-state index is 10.3. The Balaban J connectivity index is 2.01. The number of rotatable bonds is 3. The van der Waals surface area contributed by atoms with Crippen LogP contribution in [0.1, 0.15) is 44.8 Å². The fourth-order valence-electron chi connectivity index (χ4n) is 3.00. The van der Waals surface area contributed by atoms with Gasteiger partial charge in [0, 0.05) is 0 Å². The molecule has 1 aromatic rings. The van der Waals surface area contributed by atoms with E-state index in [2.05, 4.69) is 13.8 Å². The van der Waals surface area contributed by atoms with Crippen LogP contribution in [-0.2, 0) is 0 Å². The van der Waals surface area contributed by atoms with Gasteiger partial charge in [0.2, 0.25) is 0 Å². The third kappa shape index (κ3) is 2.93. The standard InChI is InChI=1S/C16H24O2/c1-11-8-9-14(10-12(11)2)16(18)15(17)13-6-4-3-5-7-13/h3-7,11-12,14-18H,8-10H2,1-2H3. The summed E-state index contributed by atoms with van der Waals surface area (Å²) in [5.41, 5.74) is 0.816. The van der Waals surface area contributed by atoms with Gasteiger partial charge < -0.3 is 10.2 Å². The first-order chi connectivity index (χ1) is 8.59. The lowest BCUT2D eigenvalue weighted by molar-refractivity contribution is -0.0390. The van der Waals surface area contributed by atoms with Gasteiger partial charge in [-0.3, -0.25) is 0 Å². The van der Waals surface area contributed by atoms with E-state index >= 15 is 0 Å². The molecule has 1 aromatic carbocycles. The van der Waals surface area contributed by atoms with Crippen molar-refractivity contribution >= 4 is 0 Å². The minimum absolute atomic E-state index is 0.228. The molecule has 0 aliphatic heterocycles. The van der Waals surface area contributed by atoms with Gasteiger partial charge in [0.25, 0.3) is 0 Å². The van der Waals surface area contributed by atoms with Gasteiger partial charge in [-0.15, -0.1) is 0 Å². The Morgan fingerprint density at radius 3 is 2.28 bits per heavy atom. The highest BCUT2D eigenvalue weighted by molar-refractivity contribution is 5.18. The van der Waals surface area contributed by atoms with E-state index < -0.39 is 12.2 Å². The molecular weight excluding hydrogens is 224 g/mol. The molecule has 0 spiro atoms. The molecule has 1 fully saturated rings. The summed E-state index contributed by atoms with van der Waals surface area (Å²) < 4.78 is 0. The zero-order valence-corrected chi connectivity index (χ0v) is 11.3. The molecule has 2 nitrogen and oxygen atoms in total. The number of benzene rings is 1. The van der Waals surface area contributed by atoms with Crippen LogP contribution in [0.4, 0.5) is 0 Å². The van der Waals surface area contributed by atoms with Crippen molar-refractivity contribution in [2.45, 2.75) is 45.3 Å². The van der Waals surface area contributed by atoms with Gasteiger partial charge in [0.1, 0.15) is 6.10 Å². The first-order valence-electron chi connectivity index (χ1n) is 7.00. The van der Waals surface area contributed by atoms with E-state index in [-0.39, 0.29) is 5.92 Å². The largest absolute Gasteiger partial charge is 0.390 e. The highest BCUT2D eigenvalue weighted by Crippen LogP contribution is 2.37. The van der Waals surface area contributed by atoms with Crippen molar-refractivity contribution in [2.24, 2.45) is 17.8 Å². The van der Waals surface area contributed by atoms with Crippen molar-refractivity contribution in [3.8, 4) is 0 Å². The highest BCUT2D eigenvalue weighted by atomic mass is 16.3. The van der Waals surface area contributed by atoms with E-state index in [1.165, 1.54) is 0 Å². The Morgan fingerprint density at radius 1 is 1.00 bits per heavy atom. The molecule has 0 radical (unpaired) electrons. The van der Waals surface area contributed by atoms with Crippen LogP contribution in [0.2, 0.25) is 0 Å². The third-order valence-electron chi connectivity index (χ3n) is 4.59. The summed E-state index contributed by atoms with van der Waals surface area (Å²) in [7, 11) is 0. The van der Waals surface area contributed by atoms with Crippen molar-refractivity contribution in [2.75, 3.05) is 0 Å². The summed E-state index contributed by atoms with van der Waals surface area (Å²) in [6.45, 7) is 4.53. The number of hydrogen-bond donors (Lipinski definition) is 2. The minimum atomic E-state index is -0.753. The average Bonchev–Trinajstić information content (AvgIpc) is 2.41. The van der Waals surface area contributed by atoms with Gasteiger partial charge in [-0.1, -0.05) is 50.6 Å². The average molecular weight is 248 g/mol. The van der Waals surface area contributed by atoms with Crippen LogP contribution >= 0.6 is 0 Å². The lowest BCUT2D eigenvalue weighted by Gasteiger charge is -2.36. The SMILES string of the molecule is CC1CCC(C(O)C(O)c2ccccc2)CC1C. The molecule has 1 saturated carbocycles. The molecule has 2 rings (SSSR count). The molecule has 0 amide bonds. The molecule has 1 aliphatic rings. The monoisotopic (exact) mass is 248 g/mol. The normalized spacial score (nSPS) is 31.9. The van der Waals surface area contributed by atoms with Gasteiger partial charge in [-0.2, -0.15) is 0 Å². The second-order valence-corrected chi connectivity index (χ2v) is 5.87. The molecule has 5 unspecified atom stereocenters. The van der Waals surface area contributed by atoms with Crippen molar-refractivity contribution in [3.63, 3.8) is 0 Å². The second-order valence-electron chi connectivity index (χ2n) is 5.87. The van der Waals surface area contributed by atoms with Crippen LogP contribution in [0.15, 0.2) is 30.3 Å². The first kappa shape index (κ1) is 13.6. The van der Waals surface area contributed by atoms with Gasteiger partial charge in [-0.05, 0) is 36.2 Å². The molecule has 0 aromatic heterocycles. The minimum Gasteiger partial charge on any atom is -0.390 e. The summed E-state index contributed by atoms with van der Waals surface area (Å²) in [6, 6.07) is 9.48. The van der Waals surface area contributed by atoms with E-state index in [4.69, 9.17) is 0 Å². The topological polar surface area (TPSA) is 40.5 Å². The highest BCUT2D eigenvalue weighted by Gasteiger charge is 2.33. The molecule has 0 bridgehead atoms. The predicted molar refractivity (Wildman–Crippen MR) is 73.1 cm³/mol. The van der Waals surface area contributed by atoms with Crippen LogP contribution < -0.4 is 0 Å². The second kappa shape index (κ2) is 5.85. The summed E-state index contributed by atoms with van der Waals surface area (Å²) in [5, 5.41) is 20.6. The molecule has 2 heteroatoms. The summed E-state index contributed by atoms with van der Waals surface area (Å²) >= 11 is 0. The van der Waals surface area contributed by atoms with Crippen LogP contribution in [0.25, 0.3) is 0 Å². The fraction of sp³-hybridized carbons (Fsp3) is 0.625. The Morgan fingerprint density at radius 2 is 1.67 bits per heavy atom. The van der Waals surface area contributed by atoms with E-state index in [1.54, 1.807) is 0 Å². The molecule has 100 valence electrons. The fourth-order valence-corrected chi connectivity index (χ4v) is 3.00. The van der Waals surface area contributed by atoms with Crippen molar-refractivity contribution in [3.05, 3.63) is 35.9 Å². The maximum atomic E-state index is 10.3. The summed E-state index contributed by atoms with van der Waals surface area (Å²) in [6.07, 6.45) is 1.81. The van der Waals surface area contributed by atoms with Gasteiger partial charge in [-0.25, -0.2) is 0 Å². The number of aliphatic hydroxyl groups excluding tert-OH is 2. The van der Waals surface area contributed by atoms with E-state index in [0.717, 1.165) is 30.7 Å². The molecule has 0 heterocycles. The Labute approximate surface area is 110 Å². The smallest absolute Gasteiger partial charge is 0.105 e. The molecule has 5 atom stereocenters. The lowest BCUT2D eigenvalue weighted by Crippen LogP contribution is -2.33. The molecule has 0 saturated heterocycles. The van der Waals surface area contributed by atoms with E-state index in [0.29, 0.717) is 5.92 Å². The third-order valence-corrected chi connectivity index (χ3v) is 4.59. The van der Waals surface area contributed by atoms with Crippen molar-refractivity contribution in [1.82, 2.24) is 0 Å². The summed E-state index contributed by atoms with van der Waals surface area (Å²) in [4.78, 5) is 0. The maximum Gasteiger partial charge on any atom is 0.105 e. The summed E-state index contributed by atoms with van der Waals surface area (Å²) in [5.74, 6) is 1.61. The molecule has 18 heavy (non-hydrogen) atoms. The zero-order chi connectivity index (χ0) is 13.1. The lowest BCUT2D eigenvalue weighted by atomic mass is 9.72. The van der Waals surface area contributed by atoms with Crippen LogP contribution in [0.5, 0.6) is 0 Å². The zero-order valence-electron chi connectivity index (χ0n) is 11.3.